The van der Waals surface area contributed by atoms with E-state index in [1.165, 1.54) is 11.3 Å². The van der Waals surface area contributed by atoms with Gasteiger partial charge in [-0.05, 0) is 44.5 Å². The lowest BCUT2D eigenvalue weighted by molar-refractivity contribution is 0.198. The number of rotatable bonds is 3. The summed E-state index contributed by atoms with van der Waals surface area (Å²) in [7, 11) is 1.84. The summed E-state index contributed by atoms with van der Waals surface area (Å²) in [6.45, 7) is 1.96. The molecule has 0 bridgehead atoms. The van der Waals surface area contributed by atoms with E-state index in [2.05, 4.69) is 20.8 Å². The van der Waals surface area contributed by atoms with E-state index in [4.69, 9.17) is 4.42 Å². The lowest BCUT2D eigenvalue weighted by Crippen LogP contribution is -2.40. The zero-order valence-electron chi connectivity index (χ0n) is 14.6. The van der Waals surface area contributed by atoms with Gasteiger partial charge in [-0.3, -0.25) is 5.32 Å². The van der Waals surface area contributed by atoms with Gasteiger partial charge in [0, 0.05) is 18.5 Å². The number of nitrogens with one attached hydrogen (secondary N) is 2. The molecule has 1 aliphatic rings. The van der Waals surface area contributed by atoms with Gasteiger partial charge in [-0.1, -0.05) is 29.5 Å². The number of carbonyl (C=O) groups is 1. The Hall–Kier alpha value is -2.45. The van der Waals surface area contributed by atoms with Crippen LogP contribution in [0.3, 0.4) is 0 Å². The van der Waals surface area contributed by atoms with Crippen molar-refractivity contribution in [2.24, 2.45) is 0 Å². The first-order chi connectivity index (χ1) is 12.7. The predicted octanol–water partition coefficient (Wildman–Crippen LogP) is 3.56. The van der Waals surface area contributed by atoms with Gasteiger partial charge < -0.3 is 14.6 Å². The van der Waals surface area contributed by atoms with Crippen LogP contribution in [0.4, 0.5) is 9.93 Å². The molecule has 1 aliphatic heterocycles. The molecule has 0 radical (unpaired) electrons. The molecule has 8 heteroatoms. The molecule has 0 spiro atoms. The largest absolute Gasteiger partial charge is 0.453 e. The van der Waals surface area contributed by atoms with E-state index in [9.17, 15) is 4.79 Å². The molecule has 26 heavy (non-hydrogen) atoms. The third-order valence-corrected chi connectivity index (χ3v) is 5.54. The summed E-state index contributed by atoms with van der Waals surface area (Å²) >= 11 is 1.31. The first kappa shape index (κ1) is 17.0. The Morgan fingerprint density at radius 3 is 3.08 bits per heavy atom. The second-order valence-corrected chi connectivity index (χ2v) is 7.41. The van der Waals surface area contributed by atoms with E-state index >= 15 is 0 Å². The molecule has 1 atom stereocenters. The zero-order chi connectivity index (χ0) is 17.9. The predicted molar refractivity (Wildman–Crippen MR) is 102 cm³/mol. The highest BCUT2D eigenvalue weighted by atomic mass is 32.1. The first-order valence-electron chi connectivity index (χ1n) is 8.78. The molecule has 1 aromatic carbocycles. The van der Waals surface area contributed by atoms with Crippen LogP contribution in [0.2, 0.25) is 0 Å². The van der Waals surface area contributed by atoms with Crippen LogP contribution in [0, 0.1) is 0 Å². The summed E-state index contributed by atoms with van der Waals surface area (Å²) in [5, 5.41) is 16.6. The maximum absolute atomic E-state index is 12.5. The van der Waals surface area contributed by atoms with E-state index in [1.54, 1.807) is 4.90 Å². The Bertz CT molecular complexity index is 865. The van der Waals surface area contributed by atoms with Crippen molar-refractivity contribution in [2.45, 2.75) is 25.3 Å². The summed E-state index contributed by atoms with van der Waals surface area (Å²) in [4.78, 5) is 14.3. The highest BCUT2D eigenvalue weighted by Crippen LogP contribution is 2.31. The number of para-hydroxylation sites is 1. The lowest BCUT2D eigenvalue weighted by atomic mass is 10.1. The van der Waals surface area contributed by atoms with Gasteiger partial charge in [0.1, 0.15) is 5.58 Å². The zero-order valence-corrected chi connectivity index (χ0v) is 15.4. The fourth-order valence-corrected chi connectivity index (χ4v) is 3.88. The molecule has 0 aliphatic carbocycles. The number of fused-ring (bicyclic) bond motifs is 1. The molecule has 1 saturated heterocycles. The molecule has 0 saturated carbocycles. The van der Waals surface area contributed by atoms with Gasteiger partial charge in [0.15, 0.2) is 10.8 Å². The first-order valence-corrected chi connectivity index (χ1v) is 9.59. The number of aromatic nitrogens is 2. The average Bonchev–Trinajstić information content (AvgIpc) is 3.20. The molecular weight excluding hydrogens is 350 g/mol. The van der Waals surface area contributed by atoms with Crippen LogP contribution in [0.1, 0.15) is 19.3 Å². The molecule has 1 fully saturated rings. The maximum Gasteiger partial charge on any atom is 0.323 e. The van der Waals surface area contributed by atoms with Gasteiger partial charge in [0.25, 0.3) is 0 Å². The Morgan fingerprint density at radius 1 is 1.31 bits per heavy atom. The Morgan fingerprint density at radius 2 is 2.19 bits per heavy atom. The van der Waals surface area contributed by atoms with Gasteiger partial charge in [-0.15, -0.1) is 10.2 Å². The smallest absolute Gasteiger partial charge is 0.323 e. The van der Waals surface area contributed by atoms with Crippen LogP contribution in [-0.4, -0.2) is 47.3 Å². The van der Waals surface area contributed by atoms with Crippen LogP contribution in [0.5, 0.6) is 0 Å². The van der Waals surface area contributed by atoms with Crippen LogP contribution in [0.15, 0.2) is 34.7 Å². The van der Waals surface area contributed by atoms with E-state index < -0.39 is 0 Å². The molecule has 136 valence electrons. The van der Waals surface area contributed by atoms with Gasteiger partial charge in [-0.25, -0.2) is 4.79 Å². The summed E-state index contributed by atoms with van der Waals surface area (Å²) in [6, 6.07) is 9.83. The molecule has 1 unspecified atom stereocenters. The number of hydrogen-bond acceptors (Lipinski definition) is 6. The quantitative estimate of drug-likeness (QED) is 0.735. The fraction of sp³-hybridized carbons (Fsp3) is 0.389. The fourth-order valence-electron chi connectivity index (χ4n) is 3.19. The van der Waals surface area contributed by atoms with E-state index in [-0.39, 0.29) is 12.1 Å². The van der Waals surface area contributed by atoms with Crippen LogP contribution >= 0.6 is 11.3 Å². The third kappa shape index (κ3) is 3.56. The van der Waals surface area contributed by atoms with Gasteiger partial charge in [-0.2, -0.15) is 0 Å². The topological polar surface area (TPSA) is 83.3 Å². The van der Waals surface area contributed by atoms with Crippen molar-refractivity contribution in [3.63, 3.8) is 0 Å². The van der Waals surface area contributed by atoms with Gasteiger partial charge in [0.05, 0.1) is 0 Å². The molecular formula is C18H21N5O2S. The standard InChI is InChI=1S/C18H21N5O2S/c1-23(13-6-4-9-19-10-8-13)18(24)20-17-22-21-16(26-17)15-11-12-5-2-3-7-14(12)25-15/h2-3,5,7,11,13,19H,4,6,8-10H2,1H3,(H,20,22,24). The summed E-state index contributed by atoms with van der Waals surface area (Å²) in [5.74, 6) is 0.660. The van der Waals surface area contributed by atoms with Gasteiger partial charge in [0.2, 0.25) is 5.13 Å². The minimum atomic E-state index is -0.149. The summed E-state index contributed by atoms with van der Waals surface area (Å²) in [5.41, 5.74) is 0.810. The Kier molecular flexibility index (Phi) is 4.85. The van der Waals surface area contributed by atoms with Crippen molar-refractivity contribution in [1.82, 2.24) is 20.4 Å². The normalized spacial score (nSPS) is 17.8. The molecule has 7 nitrogen and oxygen atoms in total. The Labute approximate surface area is 155 Å². The molecule has 2 amide bonds. The summed E-state index contributed by atoms with van der Waals surface area (Å²) in [6.07, 6.45) is 3.05. The molecule has 3 aromatic rings. The molecule has 2 N–H and O–H groups in total. The monoisotopic (exact) mass is 371 g/mol. The minimum absolute atomic E-state index is 0.149. The molecule has 2 aromatic heterocycles. The SMILES string of the molecule is CN(C(=O)Nc1nnc(-c2cc3ccccc3o2)s1)C1CCCNCC1. The van der Waals surface area contributed by atoms with Crippen LogP contribution in [-0.2, 0) is 0 Å². The average molecular weight is 371 g/mol. The summed E-state index contributed by atoms with van der Waals surface area (Å²) < 4.78 is 5.81. The maximum atomic E-state index is 12.5. The number of furan rings is 1. The van der Waals surface area contributed by atoms with Crippen molar-refractivity contribution in [3.8, 4) is 10.8 Å². The van der Waals surface area contributed by atoms with Crippen LogP contribution in [0.25, 0.3) is 21.7 Å². The number of anilines is 1. The van der Waals surface area contributed by atoms with Crippen LogP contribution < -0.4 is 10.6 Å². The number of benzene rings is 1. The Balaban J connectivity index is 1.45. The number of nitrogens with zero attached hydrogens (tertiary/aromatic N) is 3. The van der Waals surface area contributed by atoms with Crippen molar-refractivity contribution in [1.29, 1.82) is 0 Å². The molecule has 3 heterocycles. The number of amides is 2. The van der Waals surface area contributed by atoms with Crippen molar-refractivity contribution in [3.05, 3.63) is 30.3 Å². The number of urea groups is 1. The van der Waals surface area contributed by atoms with E-state index in [0.29, 0.717) is 15.9 Å². The highest BCUT2D eigenvalue weighted by Gasteiger charge is 2.22. The minimum Gasteiger partial charge on any atom is -0.453 e. The van der Waals surface area contributed by atoms with E-state index in [1.807, 2.05) is 37.4 Å². The second kappa shape index (κ2) is 7.43. The lowest BCUT2D eigenvalue weighted by Gasteiger charge is -2.26. The number of carbonyl (C=O) groups excluding carboxylic acids is 1. The van der Waals surface area contributed by atoms with E-state index in [0.717, 1.165) is 43.3 Å². The molecule has 4 rings (SSSR count). The highest BCUT2D eigenvalue weighted by molar-refractivity contribution is 7.18. The van der Waals surface area contributed by atoms with Gasteiger partial charge >= 0.3 is 6.03 Å². The second-order valence-electron chi connectivity index (χ2n) is 6.44. The third-order valence-electron chi connectivity index (χ3n) is 4.69. The van der Waals surface area contributed by atoms with Crippen molar-refractivity contribution >= 4 is 33.5 Å². The number of hydrogen-bond donors (Lipinski definition) is 2. The van der Waals surface area contributed by atoms with Crippen molar-refractivity contribution < 1.29 is 9.21 Å². The van der Waals surface area contributed by atoms with Crippen molar-refractivity contribution in [2.75, 3.05) is 25.5 Å².